The van der Waals surface area contributed by atoms with Crippen molar-refractivity contribution < 1.29 is 14.4 Å². The summed E-state index contributed by atoms with van der Waals surface area (Å²) in [5.74, 6) is -0.795. The summed E-state index contributed by atoms with van der Waals surface area (Å²) in [7, 11) is 0. The van der Waals surface area contributed by atoms with Crippen LogP contribution in [0.25, 0.3) is 0 Å². The number of nitrogens with one attached hydrogen (secondary N) is 2. The summed E-state index contributed by atoms with van der Waals surface area (Å²) in [4.78, 5) is 37.8. The Morgan fingerprint density at radius 3 is 2.72 bits per heavy atom. The first kappa shape index (κ1) is 20.5. The maximum atomic E-state index is 12.5. The zero-order valence-electron chi connectivity index (χ0n) is 16.9. The topological polar surface area (TPSA) is 109 Å². The van der Waals surface area contributed by atoms with Crippen LogP contribution >= 0.6 is 0 Å². The molecule has 2 heterocycles. The largest absolute Gasteiger partial charge is 0.354 e. The summed E-state index contributed by atoms with van der Waals surface area (Å²) in [6.07, 6.45) is 2.68. The predicted molar refractivity (Wildman–Crippen MR) is 106 cm³/mol. The number of urea groups is 1. The fourth-order valence-electron chi connectivity index (χ4n) is 3.16. The molecule has 1 atom stereocenters. The van der Waals surface area contributed by atoms with Gasteiger partial charge in [0.1, 0.15) is 12.6 Å². The Kier molecular flexibility index (Phi) is 6.26. The molecule has 4 amide bonds. The Balaban J connectivity index is 1.50. The Labute approximate surface area is 169 Å². The second-order valence-electron chi connectivity index (χ2n) is 7.44. The molecule has 1 aliphatic heterocycles. The molecule has 1 saturated heterocycles. The first-order valence-electron chi connectivity index (χ1n) is 9.69. The number of carbonyl (C=O) groups is 3. The highest BCUT2D eigenvalue weighted by molar-refractivity contribution is 6.06. The minimum Gasteiger partial charge on any atom is -0.354 e. The van der Waals surface area contributed by atoms with E-state index in [1.165, 1.54) is 0 Å². The number of aryl methyl sites for hydroxylation is 1. The molecule has 9 nitrogen and oxygen atoms in total. The number of amides is 4. The highest BCUT2D eigenvalue weighted by Gasteiger charge is 2.39. The zero-order chi connectivity index (χ0) is 21.0. The van der Waals surface area contributed by atoms with Gasteiger partial charge in [0.25, 0.3) is 5.91 Å². The molecule has 1 aromatic heterocycles. The highest BCUT2D eigenvalue weighted by Crippen LogP contribution is 2.12. The van der Waals surface area contributed by atoms with Crippen LogP contribution in [-0.4, -0.2) is 56.9 Å². The molecule has 2 N–H and O–H groups in total. The van der Waals surface area contributed by atoms with Gasteiger partial charge in [-0.15, -0.1) is 5.10 Å². The van der Waals surface area contributed by atoms with Crippen molar-refractivity contribution in [1.82, 2.24) is 30.5 Å². The first-order chi connectivity index (χ1) is 13.8. The normalized spacial score (nSPS) is 16.4. The average Bonchev–Trinajstić information content (AvgIpc) is 3.24. The SMILES string of the molecule is Cc1ccccc1CCNC(=O)CN1C(=O)NC(Cc2cn(C(C)C)nn2)C1=O. The van der Waals surface area contributed by atoms with Crippen LogP contribution in [0.4, 0.5) is 4.79 Å². The van der Waals surface area contributed by atoms with E-state index in [2.05, 4.69) is 20.9 Å². The number of nitrogens with zero attached hydrogens (tertiary/aromatic N) is 4. The molecule has 0 aliphatic carbocycles. The number of imide groups is 1. The van der Waals surface area contributed by atoms with Crippen molar-refractivity contribution >= 4 is 17.8 Å². The quantitative estimate of drug-likeness (QED) is 0.645. The van der Waals surface area contributed by atoms with Crippen LogP contribution in [0.2, 0.25) is 0 Å². The van der Waals surface area contributed by atoms with E-state index < -0.39 is 18.0 Å². The molecule has 2 aromatic rings. The molecule has 0 bridgehead atoms. The van der Waals surface area contributed by atoms with E-state index in [1.54, 1.807) is 10.9 Å². The minimum atomic E-state index is -0.736. The summed E-state index contributed by atoms with van der Waals surface area (Å²) in [5.41, 5.74) is 2.92. The van der Waals surface area contributed by atoms with Crippen molar-refractivity contribution in [1.29, 1.82) is 0 Å². The molecule has 29 heavy (non-hydrogen) atoms. The lowest BCUT2D eigenvalue weighted by atomic mass is 10.1. The molecule has 0 spiro atoms. The zero-order valence-corrected chi connectivity index (χ0v) is 16.9. The summed E-state index contributed by atoms with van der Waals surface area (Å²) < 4.78 is 1.69. The number of rotatable bonds is 8. The second-order valence-corrected chi connectivity index (χ2v) is 7.44. The van der Waals surface area contributed by atoms with E-state index in [0.29, 0.717) is 18.7 Å². The predicted octanol–water partition coefficient (Wildman–Crippen LogP) is 0.989. The van der Waals surface area contributed by atoms with E-state index in [0.717, 1.165) is 16.0 Å². The van der Waals surface area contributed by atoms with Crippen LogP contribution in [0.3, 0.4) is 0 Å². The van der Waals surface area contributed by atoms with Crippen molar-refractivity contribution in [2.45, 2.75) is 45.7 Å². The lowest BCUT2D eigenvalue weighted by Crippen LogP contribution is -2.41. The number of hydrogen-bond acceptors (Lipinski definition) is 5. The Morgan fingerprint density at radius 2 is 2.03 bits per heavy atom. The molecule has 1 unspecified atom stereocenters. The molecule has 9 heteroatoms. The maximum Gasteiger partial charge on any atom is 0.325 e. The summed E-state index contributed by atoms with van der Waals surface area (Å²) in [6, 6.07) is 6.81. The van der Waals surface area contributed by atoms with Crippen molar-refractivity contribution in [2.75, 3.05) is 13.1 Å². The third-order valence-corrected chi connectivity index (χ3v) is 4.89. The van der Waals surface area contributed by atoms with Gasteiger partial charge in [-0.3, -0.25) is 14.5 Å². The Morgan fingerprint density at radius 1 is 1.28 bits per heavy atom. The van der Waals surface area contributed by atoms with Crippen LogP contribution in [0, 0.1) is 6.92 Å². The van der Waals surface area contributed by atoms with Crippen LogP contribution in [-0.2, 0) is 22.4 Å². The molecule has 1 fully saturated rings. The molecular formula is C20H26N6O3. The molecule has 1 aromatic carbocycles. The van der Waals surface area contributed by atoms with E-state index in [9.17, 15) is 14.4 Å². The molecule has 0 radical (unpaired) electrons. The smallest absolute Gasteiger partial charge is 0.325 e. The minimum absolute atomic E-state index is 0.157. The van der Waals surface area contributed by atoms with Gasteiger partial charge in [-0.25, -0.2) is 9.48 Å². The third kappa shape index (κ3) is 4.98. The van der Waals surface area contributed by atoms with Crippen LogP contribution in [0.1, 0.15) is 36.7 Å². The van der Waals surface area contributed by atoms with Gasteiger partial charge in [-0.05, 0) is 38.3 Å². The van der Waals surface area contributed by atoms with Gasteiger partial charge >= 0.3 is 6.03 Å². The molecule has 3 rings (SSSR count). The van der Waals surface area contributed by atoms with E-state index in [-0.39, 0.29) is 24.9 Å². The first-order valence-corrected chi connectivity index (χ1v) is 9.69. The third-order valence-electron chi connectivity index (χ3n) is 4.89. The van der Waals surface area contributed by atoms with Gasteiger partial charge in [-0.2, -0.15) is 0 Å². The van der Waals surface area contributed by atoms with Gasteiger partial charge < -0.3 is 10.6 Å². The number of hydrogen-bond donors (Lipinski definition) is 2. The van der Waals surface area contributed by atoms with E-state index >= 15 is 0 Å². The number of carbonyl (C=O) groups excluding carboxylic acids is 3. The maximum absolute atomic E-state index is 12.5. The van der Waals surface area contributed by atoms with Crippen LogP contribution in [0.15, 0.2) is 30.5 Å². The highest BCUT2D eigenvalue weighted by atomic mass is 16.2. The van der Waals surface area contributed by atoms with Crippen molar-refractivity contribution in [3.63, 3.8) is 0 Å². The molecular weight excluding hydrogens is 372 g/mol. The van der Waals surface area contributed by atoms with Crippen molar-refractivity contribution in [2.24, 2.45) is 0 Å². The second kappa shape index (κ2) is 8.85. The lowest BCUT2D eigenvalue weighted by molar-refractivity contribution is -0.132. The van der Waals surface area contributed by atoms with E-state index in [1.807, 2.05) is 45.0 Å². The van der Waals surface area contributed by atoms with Gasteiger partial charge in [0.15, 0.2) is 0 Å². The van der Waals surface area contributed by atoms with Gasteiger partial charge in [-0.1, -0.05) is 29.5 Å². The molecule has 0 saturated carbocycles. The summed E-state index contributed by atoms with van der Waals surface area (Å²) in [5, 5.41) is 13.4. The van der Waals surface area contributed by atoms with Gasteiger partial charge in [0.2, 0.25) is 5.91 Å². The number of aromatic nitrogens is 3. The van der Waals surface area contributed by atoms with Crippen LogP contribution < -0.4 is 10.6 Å². The summed E-state index contributed by atoms with van der Waals surface area (Å²) >= 11 is 0. The standard InChI is InChI=1S/C20H26N6O3/c1-13(2)26-11-16(23-24-26)10-17-19(28)25(20(29)22-17)12-18(27)21-9-8-15-7-5-4-6-14(15)3/h4-7,11,13,17H,8-10,12H2,1-3H3,(H,21,27)(H,22,29). The van der Waals surface area contributed by atoms with Crippen molar-refractivity contribution in [3.05, 3.63) is 47.3 Å². The van der Waals surface area contributed by atoms with Crippen molar-refractivity contribution in [3.8, 4) is 0 Å². The average molecular weight is 398 g/mol. The Hall–Kier alpha value is -3.23. The Bertz CT molecular complexity index is 907. The molecule has 1 aliphatic rings. The number of benzene rings is 1. The van der Waals surface area contributed by atoms with Gasteiger partial charge in [0, 0.05) is 25.2 Å². The van der Waals surface area contributed by atoms with E-state index in [4.69, 9.17) is 0 Å². The lowest BCUT2D eigenvalue weighted by Gasteiger charge is -2.13. The van der Waals surface area contributed by atoms with Gasteiger partial charge in [0.05, 0.1) is 5.69 Å². The monoisotopic (exact) mass is 398 g/mol. The van der Waals surface area contributed by atoms with Crippen LogP contribution in [0.5, 0.6) is 0 Å². The summed E-state index contributed by atoms with van der Waals surface area (Å²) in [6.45, 7) is 6.10. The fourth-order valence-corrected chi connectivity index (χ4v) is 3.16. The molecule has 154 valence electrons. The fraction of sp³-hybridized carbons (Fsp3) is 0.450.